The first-order chi connectivity index (χ1) is 17.1. The first kappa shape index (κ1) is 26.8. The molecule has 0 spiro atoms. The van der Waals surface area contributed by atoms with Gasteiger partial charge in [0.05, 0.1) is 0 Å². The van der Waals surface area contributed by atoms with Gasteiger partial charge in [-0.3, -0.25) is 9.59 Å². The van der Waals surface area contributed by atoms with Gasteiger partial charge in [-0.2, -0.15) is 0 Å². The fourth-order valence-electron chi connectivity index (χ4n) is 3.80. The highest BCUT2D eigenvalue weighted by Gasteiger charge is 2.12. The van der Waals surface area contributed by atoms with Gasteiger partial charge in [-0.15, -0.1) is 0 Å². The third-order valence-electron chi connectivity index (χ3n) is 5.75. The number of nitrogens with one attached hydrogen (secondary N) is 2. The molecule has 0 aliphatic rings. The summed E-state index contributed by atoms with van der Waals surface area (Å²) in [4.78, 5) is 24.8. The van der Waals surface area contributed by atoms with Gasteiger partial charge in [-0.05, 0) is 84.3 Å². The number of carbonyl (C=O) groups excluding carboxylic acids is 2. The molecule has 0 heterocycles. The van der Waals surface area contributed by atoms with E-state index in [0.717, 1.165) is 33.8 Å². The van der Waals surface area contributed by atoms with Gasteiger partial charge in [0.1, 0.15) is 11.5 Å². The molecule has 0 unspecified atom stereocenters. The van der Waals surface area contributed by atoms with Crippen LogP contribution in [0.3, 0.4) is 0 Å². The van der Waals surface area contributed by atoms with E-state index in [0.29, 0.717) is 23.2 Å². The lowest BCUT2D eigenvalue weighted by Gasteiger charge is -2.15. The molecule has 3 rings (SSSR count). The molecule has 0 radical (unpaired) electrons. The molecule has 190 valence electrons. The van der Waals surface area contributed by atoms with Crippen LogP contribution in [0.1, 0.15) is 61.8 Å². The van der Waals surface area contributed by atoms with Crippen LogP contribution in [-0.4, -0.2) is 25.0 Å². The van der Waals surface area contributed by atoms with Crippen LogP contribution in [-0.2, 0) is 9.59 Å². The summed E-state index contributed by atoms with van der Waals surface area (Å²) in [6.45, 7) is 12.2. The maximum Gasteiger partial charge on any atom is 0.262 e. The average molecular weight is 489 g/mol. The lowest BCUT2D eigenvalue weighted by molar-refractivity contribution is -0.118. The SMILES string of the molecule is Cc1ccc(C(C)C)c(OCC(=O)Nc2ccc(NC(=O)COc3cc(C)ccc3C(C)C)cc2)c1. The molecule has 0 saturated carbocycles. The smallest absolute Gasteiger partial charge is 0.262 e. The number of amides is 2. The Morgan fingerprint density at radius 1 is 0.639 bits per heavy atom. The van der Waals surface area contributed by atoms with Crippen molar-refractivity contribution in [1.29, 1.82) is 0 Å². The highest BCUT2D eigenvalue weighted by atomic mass is 16.5. The van der Waals surface area contributed by atoms with Gasteiger partial charge in [0, 0.05) is 11.4 Å². The van der Waals surface area contributed by atoms with Crippen LogP contribution in [0.4, 0.5) is 11.4 Å². The highest BCUT2D eigenvalue weighted by molar-refractivity contribution is 5.94. The third kappa shape index (κ3) is 7.60. The number of anilines is 2. The number of aryl methyl sites for hydroxylation is 2. The maximum absolute atomic E-state index is 12.4. The van der Waals surface area contributed by atoms with Crippen molar-refractivity contribution in [2.24, 2.45) is 0 Å². The molecule has 0 aliphatic carbocycles. The Morgan fingerprint density at radius 2 is 1.00 bits per heavy atom. The predicted octanol–water partition coefficient (Wildman–Crippen LogP) is 6.59. The van der Waals surface area contributed by atoms with Gasteiger partial charge < -0.3 is 20.1 Å². The molecule has 2 amide bonds. The fourth-order valence-corrected chi connectivity index (χ4v) is 3.80. The summed E-state index contributed by atoms with van der Waals surface area (Å²) in [5.41, 5.74) is 5.54. The van der Waals surface area contributed by atoms with E-state index in [4.69, 9.17) is 9.47 Å². The van der Waals surface area contributed by atoms with E-state index in [2.05, 4.69) is 38.3 Å². The topological polar surface area (TPSA) is 76.7 Å². The lowest BCUT2D eigenvalue weighted by Crippen LogP contribution is -2.21. The van der Waals surface area contributed by atoms with Crippen molar-refractivity contribution in [3.8, 4) is 11.5 Å². The van der Waals surface area contributed by atoms with Crippen LogP contribution in [0.15, 0.2) is 60.7 Å². The van der Waals surface area contributed by atoms with Crippen molar-refractivity contribution in [2.45, 2.75) is 53.4 Å². The normalized spacial score (nSPS) is 10.9. The molecule has 6 nitrogen and oxygen atoms in total. The van der Waals surface area contributed by atoms with Gasteiger partial charge >= 0.3 is 0 Å². The standard InChI is InChI=1S/C30H36N2O4/c1-19(2)25-13-7-21(5)15-27(25)35-17-29(33)31-23-9-11-24(12-10-23)32-30(34)18-36-28-16-22(6)8-14-26(28)20(3)4/h7-16,19-20H,17-18H2,1-6H3,(H,31,33)(H,32,34). The molecule has 3 aromatic carbocycles. The molecule has 0 saturated heterocycles. The molecule has 6 heteroatoms. The number of rotatable bonds is 10. The summed E-state index contributed by atoms with van der Waals surface area (Å²) in [5, 5.41) is 5.65. The second kappa shape index (κ2) is 12.2. The zero-order valence-corrected chi connectivity index (χ0v) is 22.0. The summed E-state index contributed by atoms with van der Waals surface area (Å²) in [7, 11) is 0. The maximum atomic E-state index is 12.4. The molecular weight excluding hydrogens is 452 g/mol. The van der Waals surface area contributed by atoms with E-state index >= 15 is 0 Å². The molecule has 36 heavy (non-hydrogen) atoms. The van der Waals surface area contributed by atoms with Crippen molar-refractivity contribution in [2.75, 3.05) is 23.8 Å². The highest BCUT2D eigenvalue weighted by Crippen LogP contribution is 2.28. The van der Waals surface area contributed by atoms with Crippen molar-refractivity contribution in [3.63, 3.8) is 0 Å². The van der Waals surface area contributed by atoms with Crippen molar-refractivity contribution < 1.29 is 19.1 Å². The quantitative estimate of drug-likeness (QED) is 0.338. The van der Waals surface area contributed by atoms with E-state index in [1.165, 1.54) is 0 Å². The van der Waals surface area contributed by atoms with E-state index in [1.807, 2.05) is 50.2 Å². The van der Waals surface area contributed by atoms with Crippen LogP contribution in [0.2, 0.25) is 0 Å². The minimum atomic E-state index is -0.254. The number of hydrogen-bond acceptors (Lipinski definition) is 4. The van der Waals surface area contributed by atoms with E-state index in [-0.39, 0.29) is 25.0 Å². The fraction of sp³-hybridized carbons (Fsp3) is 0.333. The second-order valence-corrected chi connectivity index (χ2v) is 9.64. The van der Waals surface area contributed by atoms with Crippen LogP contribution in [0.5, 0.6) is 11.5 Å². The summed E-state index contributed by atoms with van der Waals surface area (Å²) in [5.74, 6) is 1.54. The van der Waals surface area contributed by atoms with Crippen LogP contribution < -0.4 is 20.1 Å². The van der Waals surface area contributed by atoms with Gasteiger partial charge in [0.25, 0.3) is 11.8 Å². The molecule has 0 aromatic heterocycles. The van der Waals surface area contributed by atoms with E-state index in [1.54, 1.807) is 24.3 Å². The minimum absolute atomic E-state index is 0.0870. The van der Waals surface area contributed by atoms with Gasteiger partial charge in [-0.25, -0.2) is 0 Å². The Morgan fingerprint density at radius 3 is 1.33 bits per heavy atom. The van der Waals surface area contributed by atoms with Gasteiger partial charge in [0.15, 0.2) is 13.2 Å². The molecule has 2 N–H and O–H groups in total. The van der Waals surface area contributed by atoms with Gasteiger partial charge in [0.2, 0.25) is 0 Å². The van der Waals surface area contributed by atoms with Crippen molar-refractivity contribution in [1.82, 2.24) is 0 Å². The zero-order chi connectivity index (χ0) is 26.2. The zero-order valence-electron chi connectivity index (χ0n) is 22.0. The van der Waals surface area contributed by atoms with Crippen molar-refractivity contribution >= 4 is 23.2 Å². The van der Waals surface area contributed by atoms with E-state index < -0.39 is 0 Å². The molecule has 0 fully saturated rings. The van der Waals surface area contributed by atoms with Crippen molar-refractivity contribution in [3.05, 3.63) is 82.9 Å². The summed E-state index contributed by atoms with van der Waals surface area (Å²) in [6, 6.07) is 19.0. The summed E-state index contributed by atoms with van der Waals surface area (Å²) >= 11 is 0. The average Bonchev–Trinajstić information content (AvgIpc) is 2.82. The number of benzene rings is 3. The first-order valence-electron chi connectivity index (χ1n) is 12.3. The predicted molar refractivity (Wildman–Crippen MR) is 145 cm³/mol. The molecule has 0 atom stereocenters. The molecular formula is C30H36N2O4. The van der Waals surface area contributed by atoms with Crippen LogP contribution >= 0.6 is 0 Å². The Balaban J connectivity index is 1.50. The second-order valence-electron chi connectivity index (χ2n) is 9.64. The van der Waals surface area contributed by atoms with Gasteiger partial charge in [-0.1, -0.05) is 52.0 Å². The summed E-state index contributed by atoms with van der Waals surface area (Å²) < 4.78 is 11.6. The number of hydrogen-bond donors (Lipinski definition) is 2. The molecule has 3 aromatic rings. The third-order valence-corrected chi connectivity index (χ3v) is 5.75. The molecule has 0 aliphatic heterocycles. The number of carbonyl (C=O) groups is 2. The van der Waals surface area contributed by atoms with E-state index in [9.17, 15) is 9.59 Å². The first-order valence-corrected chi connectivity index (χ1v) is 12.3. The Kier molecular flexibility index (Phi) is 9.12. The Bertz CT molecular complexity index is 1110. The Labute approximate surface area is 214 Å². The minimum Gasteiger partial charge on any atom is -0.483 e. The van der Waals surface area contributed by atoms with Crippen LogP contribution in [0, 0.1) is 13.8 Å². The monoisotopic (exact) mass is 488 g/mol. The molecule has 0 bridgehead atoms. The lowest BCUT2D eigenvalue weighted by atomic mass is 10.0. The largest absolute Gasteiger partial charge is 0.483 e. The Hall–Kier alpha value is -3.80. The van der Waals surface area contributed by atoms with Crippen LogP contribution in [0.25, 0.3) is 0 Å². The number of ether oxygens (including phenoxy) is 2. The summed E-state index contributed by atoms with van der Waals surface area (Å²) in [6.07, 6.45) is 0.